The minimum absolute atomic E-state index is 0.0857. The summed E-state index contributed by atoms with van der Waals surface area (Å²) in [6.07, 6.45) is 6.03. The van der Waals surface area contributed by atoms with Gasteiger partial charge in [-0.25, -0.2) is 9.37 Å². The zero-order chi connectivity index (χ0) is 23.9. The summed E-state index contributed by atoms with van der Waals surface area (Å²) >= 11 is 0. The second-order valence-corrected chi connectivity index (χ2v) is 9.13. The molecule has 6 rings (SSSR count). The Labute approximate surface area is 201 Å². The van der Waals surface area contributed by atoms with Gasteiger partial charge in [-0.2, -0.15) is 8.78 Å². The molecule has 1 N–H and O–H groups in total. The molecule has 182 valence electrons. The third-order valence-electron chi connectivity index (χ3n) is 7.12. The number of imidazole rings is 1. The Morgan fingerprint density at radius 3 is 2.71 bits per heavy atom. The van der Waals surface area contributed by atoms with E-state index in [9.17, 15) is 8.78 Å². The molecule has 0 bridgehead atoms. The number of allylic oxidation sites excluding steroid dienone is 1. The molecule has 0 amide bonds. The van der Waals surface area contributed by atoms with Gasteiger partial charge in [-0.3, -0.25) is 9.89 Å². The van der Waals surface area contributed by atoms with Crippen LogP contribution in [0.3, 0.4) is 0 Å². The van der Waals surface area contributed by atoms with E-state index < -0.39 is 6.61 Å². The molecule has 0 saturated carbocycles. The number of para-hydroxylation sites is 1. The minimum Gasteiger partial charge on any atom is -0.434 e. The molecule has 4 heterocycles. The Morgan fingerprint density at radius 1 is 1.11 bits per heavy atom. The molecular formula is C26H26F3N5O. The number of aliphatic imine (C=N–C) groups is 1. The summed E-state index contributed by atoms with van der Waals surface area (Å²) in [5, 5.41) is 3.35. The van der Waals surface area contributed by atoms with Crippen LogP contribution < -0.4 is 10.1 Å². The molecule has 3 aromatic rings. The van der Waals surface area contributed by atoms with Crippen molar-refractivity contribution in [3.8, 4) is 5.75 Å². The number of hydrogen-bond acceptors (Lipinski definition) is 5. The Hall–Kier alpha value is -3.17. The first kappa shape index (κ1) is 22.3. The average molecular weight is 482 g/mol. The highest BCUT2D eigenvalue weighted by atomic mass is 19.3. The number of rotatable bonds is 5. The van der Waals surface area contributed by atoms with Crippen molar-refractivity contribution in [2.24, 2.45) is 4.99 Å². The molecule has 2 aromatic carbocycles. The number of aromatic nitrogens is 2. The standard InChI is InChI=1S/C26H26F3N5O/c27-19-14-20-22(13-18(19)16-5-7-24(31-15-16)33-11-9-30-10-12-33)34-21(6-8-25(34)32-20)17-3-1-2-4-23(17)35-26(28)29/h1-5,13-15,21,24,26,30H,6-12H2/t21-,24?/m1/s1. The van der Waals surface area contributed by atoms with Gasteiger partial charge in [-0.1, -0.05) is 24.3 Å². The van der Waals surface area contributed by atoms with Crippen molar-refractivity contribution in [2.75, 3.05) is 26.2 Å². The highest BCUT2D eigenvalue weighted by molar-refractivity contribution is 6.11. The summed E-state index contributed by atoms with van der Waals surface area (Å²) in [4.78, 5) is 11.7. The SMILES string of the molecule is Fc1cc2nc3n(c2cc1C1=CCC(N2CCNCC2)N=C1)[C@@H](c1ccccc1OC(F)F)CC3. The first-order chi connectivity index (χ1) is 17.1. The van der Waals surface area contributed by atoms with Crippen molar-refractivity contribution < 1.29 is 17.9 Å². The number of nitrogens with zero attached hydrogens (tertiary/aromatic N) is 4. The Balaban J connectivity index is 1.35. The molecule has 3 aliphatic rings. The van der Waals surface area contributed by atoms with E-state index in [4.69, 9.17) is 9.73 Å². The maximum atomic E-state index is 15.2. The fraction of sp³-hybridized carbons (Fsp3) is 0.385. The van der Waals surface area contributed by atoms with Crippen molar-refractivity contribution in [2.45, 2.75) is 38.1 Å². The fourth-order valence-corrected chi connectivity index (χ4v) is 5.48. The van der Waals surface area contributed by atoms with Gasteiger partial charge in [0.2, 0.25) is 0 Å². The molecule has 2 atom stereocenters. The molecule has 0 aliphatic carbocycles. The maximum absolute atomic E-state index is 15.2. The highest BCUT2D eigenvalue weighted by Crippen LogP contribution is 2.40. The molecule has 1 unspecified atom stereocenters. The molecular weight excluding hydrogens is 455 g/mol. The number of ether oxygens (including phenoxy) is 1. The van der Waals surface area contributed by atoms with Gasteiger partial charge >= 0.3 is 6.61 Å². The van der Waals surface area contributed by atoms with Crippen LogP contribution >= 0.6 is 0 Å². The second kappa shape index (κ2) is 9.13. The maximum Gasteiger partial charge on any atom is 0.387 e. The second-order valence-electron chi connectivity index (χ2n) is 9.13. The Morgan fingerprint density at radius 2 is 1.94 bits per heavy atom. The van der Waals surface area contributed by atoms with E-state index in [0.717, 1.165) is 49.5 Å². The molecule has 1 saturated heterocycles. The minimum atomic E-state index is -2.90. The zero-order valence-corrected chi connectivity index (χ0v) is 19.1. The number of piperazine rings is 1. The summed E-state index contributed by atoms with van der Waals surface area (Å²) in [5.74, 6) is 0.634. The lowest BCUT2D eigenvalue weighted by Crippen LogP contribution is -2.48. The average Bonchev–Trinajstić information content (AvgIpc) is 3.43. The Bertz CT molecular complexity index is 1310. The lowest BCUT2D eigenvalue weighted by Gasteiger charge is -2.33. The molecule has 1 aromatic heterocycles. The van der Waals surface area contributed by atoms with Crippen LogP contribution in [-0.2, 0) is 6.42 Å². The predicted octanol–water partition coefficient (Wildman–Crippen LogP) is 4.40. The van der Waals surface area contributed by atoms with E-state index in [-0.39, 0.29) is 23.8 Å². The van der Waals surface area contributed by atoms with Crippen molar-refractivity contribution in [3.63, 3.8) is 0 Å². The van der Waals surface area contributed by atoms with E-state index in [0.29, 0.717) is 29.5 Å². The van der Waals surface area contributed by atoms with Gasteiger partial charge in [0.1, 0.15) is 23.6 Å². The molecule has 9 heteroatoms. The number of fused-ring (bicyclic) bond motifs is 3. The normalized spacial score (nSPS) is 22.6. The van der Waals surface area contributed by atoms with Crippen molar-refractivity contribution in [3.05, 3.63) is 65.2 Å². The van der Waals surface area contributed by atoms with E-state index >= 15 is 4.39 Å². The topological polar surface area (TPSA) is 54.7 Å². The summed E-state index contributed by atoms with van der Waals surface area (Å²) in [6, 6.07) is 9.93. The molecule has 6 nitrogen and oxygen atoms in total. The molecule has 1 fully saturated rings. The Kier molecular flexibility index (Phi) is 5.82. The van der Waals surface area contributed by atoms with Gasteiger partial charge in [0, 0.05) is 62.4 Å². The number of hydrogen-bond donors (Lipinski definition) is 1. The van der Waals surface area contributed by atoms with Crippen LogP contribution in [0.4, 0.5) is 13.2 Å². The van der Waals surface area contributed by atoms with Crippen LogP contribution in [0.15, 0.2) is 47.5 Å². The van der Waals surface area contributed by atoms with Crippen LogP contribution in [0.1, 0.15) is 35.8 Å². The monoisotopic (exact) mass is 481 g/mol. The summed E-state index contributed by atoms with van der Waals surface area (Å²) in [5.41, 5.74) is 3.25. The molecule has 0 spiro atoms. The van der Waals surface area contributed by atoms with Gasteiger partial charge in [0.15, 0.2) is 0 Å². The number of aryl methyl sites for hydroxylation is 1. The number of dihydropyridines is 1. The summed E-state index contributed by atoms with van der Waals surface area (Å²) < 4.78 is 48.0. The zero-order valence-electron chi connectivity index (χ0n) is 19.1. The van der Waals surface area contributed by atoms with E-state index in [1.165, 1.54) is 6.07 Å². The first-order valence-electron chi connectivity index (χ1n) is 12.0. The fourth-order valence-electron chi connectivity index (χ4n) is 5.48. The smallest absolute Gasteiger partial charge is 0.387 e. The highest BCUT2D eigenvalue weighted by Gasteiger charge is 2.30. The lowest BCUT2D eigenvalue weighted by molar-refractivity contribution is -0.0506. The van der Waals surface area contributed by atoms with Crippen LogP contribution in [0.25, 0.3) is 16.6 Å². The van der Waals surface area contributed by atoms with Gasteiger partial charge in [-0.15, -0.1) is 0 Å². The largest absolute Gasteiger partial charge is 0.434 e. The van der Waals surface area contributed by atoms with Crippen molar-refractivity contribution in [1.29, 1.82) is 0 Å². The van der Waals surface area contributed by atoms with E-state index in [1.54, 1.807) is 24.4 Å². The number of nitrogens with one attached hydrogen (secondary N) is 1. The van der Waals surface area contributed by atoms with Crippen molar-refractivity contribution in [1.82, 2.24) is 19.8 Å². The van der Waals surface area contributed by atoms with Crippen molar-refractivity contribution >= 4 is 22.8 Å². The van der Waals surface area contributed by atoms with Crippen LogP contribution in [0.2, 0.25) is 0 Å². The summed E-state index contributed by atoms with van der Waals surface area (Å²) in [7, 11) is 0. The van der Waals surface area contributed by atoms with E-state index in [2.05, 4.69) is 21.3 Å². The third kappa shape index (κ3) is 4.12. The van der Waals surface area contributed by atoms with Crippen LogP contribution in [0.5, 0.6) is 5.75 Å². The third-order valence-corrected chi connectivity index (χ3v) is 7.12. The van der Waals surface area contributed by atoms with Gasteiger partial charge in [-0.05, 0) is 24.1 Å². The van der Waals surface area contributed by atoms with E-state index in [1.807, 2.05) is 16.7 Å². The van der Waals surface area contributed by atoms with Crippen LogP contribution in [0, 0.1) is 5.82 Å². The van der Waals surface area contributed by atoms with Crippen LogP contribution in [-0.4, -0.2) is 59.6 Å². The first-order valence-corrected chi connectivity index (χ1v) is 12.0. The van der Waals surface area contributed by atoms with Gasteiger partial charge in [0.25, 0.3) is 0 Å². The van der Waals surface area contributed by atoms with Gasteiger partial charge in [0.05, 0.1) is 17.1 Å². The quantitative estimate of drug-likeness (QED) is 0.587. The predicted molar refractivity (Wildman–Crippen MR) is 129 cm³/mol. The lowest BCUT2D eigenvalue weighted by atomic mass is 10.0. The van der Waals surface area contributed by atoms with Gasteiger partial charge < -0.3 is 14.6 Å². The number of halogens is 3. The molecule has 3 aliphatic heterocycles. The number of benzene rings is 2. The molecule has 0 radical (unpaired) electrons. The summed E-state index contributed by atoms with van der Waals surface area (Å²) in [6.45, 7) is 0.900. The number of alkyl halides is 2. The molecule has 35 heavy (non-hydrogen) atoms.